The van der Waals surface area contributed by atoms with E-state index < -0.39 is 22.4 Å². The number of furan rings is 1. The van der Waals surface area contributed by atoms with Crippen LogP contribution in [-0.4, -0.2) is 32.6 Å². The maximum absolute atomic E-state index is 13.0. The van der Waals surface area contributed by atoms with Crippen molar-refractivity contribution in [3.05, 3.63) is 58.8 Å². The molecule has 1 aliphatic rings. The fourth-order valence-electron chi connectivity index (χ4n) is 3.54. The van der Waals surface area contributed by atoms with Gasteiger partial charge in [0.15, 0.2) is 5.58 Å². The maximum Gasteiger partial charge on any atom is 0.390 e. The Balaban J connectivity index is 0.00000256. The van der Waals surface area contributed by atoms with Crippen LogP contribution in [0.2, 0.25) is 5.02 Å². The first-order chi connectivity index (χ1) is 13.6. The summed E-state index contributed by atoms with van der Waals surface area (Å²) >= 11 is 6.31. The fourth-order valence-corrected chi connectivity index (χ4v) is 5.19. The van der Waals surface area contributed by atoms with Gasteiger partial charge >= 0.3 is 6.18 Å². The Morgan fingerprint density at radius 2 is 1.80 bits per heavy atom. The molecule has 2 aromatic carbocycles. The van der Waals surface area contributed by atoms with Crippen molar-refractivity contribution in [3.8, 4) is 0 Å². The topological polar surface area (TPSA) is 50.5 Å². The predicted octanol–water partition coefficient (Wildman–Crippen LogP) is 5.65. The molecule has 4 rings (SSSR count). The van der Waals surface area contributed by atoms with E-state index in [4.69, 9.17) is 16.0 Å². The maximum atomic E-state index is 13.0. The van der Waals surface area contributed by atoms with Gasteiger partial charge in [0.05, 0.1) is 21.2 Å². The predicted molar refractivity (Wildman–Crippen MR) is 110 cm³/mol. The Bertz CT molecular complexity index is 1160. The largest absolute Gasteiger partial charge is 0.459 e. The van der Waals surface area contributed by atoms with Gasteiger partial charge < -0.3 is 4.42 Å². The van der Waals surface area contributed by atoms with E-state index in [0.717, 1.165) is 0 Å². The Hall–Kier alpha value is -1.74. The van der Waals surface area contributed by atoms with Crippen LogP contribution < -0.4 is 0 Å². The highest BCUT2D eigenvalue weighted by Gasteiger charge is 2.31. The summed E-state index contributed by atoms with van der Waals surface area (Å²) in [6, 6.07) is 10.8. The third-order valence-electron chi connectivity index (χ3n) is 5.02. The van der Waals surface area contributed by atoms with Crippen molar-refractivity contribution in [2.45, 2.75) is 35.4 Å². The molecular weight excluding hydrogens is 462 g/mol. The van der Waals surface area contributed by atoms with E-state index in [1.165, 1.54) is 24.3 Å². The minimum absolute atomic E-state index is 0. The van der Waals surface area contributed by atoms with Crippen LogP contribution in [0.4, 0.5) is 13.2 Å². The van der Waals surface area contributed by atoms with Gasteiger partial charge in [0.2, 0.25) is 9.84 Å². The molecule has 0 saturated heterocycles. The van der Waals surface area contributed by atoms with Crippen LogP contribution in [0, 0.1) is 0 Å². The fraction of sp³-hybridized carbons (Fsp3) is 0.300. The molecule has 0 aliphatic carbocycles. The van der Waals surface area contributed by atoms with E-state index in [-0.39, 0.29) is 40.3 Å². The van der Waals surface area contributed by atoms with Gasteiger partial charge in [0, 0.05) is 37.0 Å². The van der Waals surface area contributed by atoms with Crippen LogP contribution in [0.3, 0.4) is 0 Å². The Morgan fingerprint density at radius 3 is 2.47 bits per heavy atom. The van der Waals surface area contributed by atoms with E-state index in [9.17, 15) is 21.6 Å². The van der Waals surface area contributed by atoms with Gasteiger partial charge in [0.25, 0.3) is 0 Å². The lowest BCUT2D eigenvalue weighted by atomic mass is 10.0. The first-order valence-corrected chi connectivity index (χ1v) is 10.8. The number of halogens is 5. The number of fused-ring (bicyclic) bond motifs is 3. The first-order valence-electron chi connectivity index (χ1n) is 8.98. The molecule has 0 spiro atoms. The summed E-state index contributed by atoms with van der Waals surface area (Å²) in [5.41, 5.74) is 1.06. The van der Waals surface area contributed by atoms with Gasteiger partial charge in [0.1, 0.15) is 5.76 Å². The van der Waals surface area contributed by atoms with Crippen LogP contribution in [0.5, 0.6) is 0 Å². The molecule has 0 saturated carbocycles. The second-order valence-electron chi connectivity index (χ2n) is 6.99. The van der Waals surface area contributed by atoms with Crippen molar-refractivity contribution in [2.24, 2.45) is 0 Å². The number of benzene rings is 2. The summed E-state index contributed by atoms with van der Waals surface area (Å²) in [7, 11) is -3.79. The van der Waals surface area contributed by atoms with Crippen LogP contribution in [0.15, 0.2) is 56.7 Å². The molecule has 0 fully saturated rings. The molecule has 1 aromatic heterocycles. The van der Waals surface area contributed by atoms with Crippen LogP contribution in [0.25, 0.3) is 11.0 Å². The van der Waals surface area contributed by atoms with Crippen molar-refractivity contribution in [3.63, 3.8) is 0 Å². The monoisotopic (exact) mass is 479 g/mol. The van der Waals surface area contributed by atoms with Gasteiger partial charge in [-0.15, -0.1) is 12.4 Å². The van der Waals surface area contributed by atoms with E-state index in [1.807, 2.05) is 0 Å². The standard InChI is InChI=1S/C20H17ClF3NO3S.ClH/c21-17-11-14(29(26,27)13-4-2-1-3-5-13)10-15-16-12-25(9-7-20(22,23)24)8-6-18(16)28-19(15)17;/h1-5,10-11H,6-9,12H2;1H. The second-order valence-corrected chi connectivity index (χ2v) is 9.35. The number of hydrogen-bond donors (Lipinski definition) is 0. The van der Waals surface area contributed by atoms with Crippen molar-refractivity contribution in [1.29, 1.82) is 0 Å². The first kappa shape index (κ1) is 22.9. The SMILES string of the molecule is Cl.O=S(=O)(c1ccccc1)c1cc(Cl)c2oc3c(c2c1)CN(CCC(F)(F)F)CC3. The van der Waals surface area contributed by atoms with Gasteiger partial charge in [-0.3, -0.25) is 4.90 Å². The van der Waals surface area contributed by atoms with Crippen molar-refractivity contribution in [1.82, 2.24) is 4.90 Å². The molecule has 4 nitrogen and oxygen atoms in total. The van der Waals surface area contributed by atoms with Crippen molar-refractivity contribution < 1.29 is 26.0 Å². The molecule has 0 amide bonds. The highest BCUT2D eigenvalue weighted by atomic mass is 35.5. The zero-order valence-corrected chi connectivity index (χ0v) is 18.0. The molecule has 1 aliphatic heterocycles. The molecule has 0 radical (unpaired) electrons. The van der Waals surface area contributed by atoms with E-state index in [1.54, 1.807) is 23.1 Å². The summed E-state index contributed by atoms with van der Waals surface area (Å²) in [5, 5.41) is 0.687. The lowest BCUT2D eigenvalue weighted by Gasteiger charge is -2.26. The summed E-state index contributed by atoms with van der Waals surface area (Å²) < 4.78 is 69.5. The lowest BCUT2D eigenvalue weighted by Crippen LogP contribution is -2.33. The van der Waals surface area contributed by atoms with Crippen molar-refractivity contribution in [2.75, 3.05) is 13.1 Å². The summed E-state index contributed by atoms with van der Waals surface area (Å²) in [6.07, 6.45) is -4.68. The summed E-state index contributed by atoms with van der Waals surface area (Å²) in [5.74, 6) is 0.638. The highest BCUT2D eigenvalue weighted by molar-refractivity contribution is 7.91. The number of hydrogen-bond acceptors (Lipinski definition) is 4. The average Bonchev–Trinajstić information content (AvgIpc) is 3.05. The number of rotatable bonds is 4. The van der Waals surface area contributed by atoms with Crippen LogP contribution in [0.1, 0.15) is 17.7 Å². The Morgan fingerprint density at radius 1 is 1.10 bits per heavy atom. The molecule has 3 aromatic rings. The third kappa shape index (κ3) is 4.46. The van der Waals surface area contributed by atoms with Gasteiger partial charge in [-0.05, 0) is 24.3 Å². The normalized spacial score (nSPS) is 15.1. The number of alkyl halides is 3. The van der Waals surface area contributed by atoms with Crippen molar-refractivity contribution >= 4 is 44.8 Å². The molecule has 2 heterocycles. The Kier molecular flexibility index (Phi) is 6.43. The minimum atomic E-state index is -4.22. The van der Waals surface area contributed by atoms with Gasteiger partial charge in [-0.1, -0.05) is 29.8 Å². The van der Waals surface area contributed by atoms with Gasteiger partial charge in [-0.2, -0.15) is 13.2 Å². The molecule has 10 heteroatoms. The number of sulfone groups is 1. The molecule has 30 heavy (non-hydrogen) atoms. The third-order valence-corrected chi connectivity index (χ3v) is 7.05. The van der Waals surface area contributed by atoms with Crippen LogP contribution in [-0.2, 0) is 22.8 Å². The van der Waals surface area contributed by atoms with Gasteiger partial charge in [-0.25, -0.2) is 8.42 Å². The Labute approximate surface area is 182 Å². The van der Waals surface area contributed by atoms with Crippen LogP contribution >= 0.6 is 24.0 Å². The number of nitrogens with zero attached hydrogens (tertiary/aromatic N) is 1. The molecular formula is C20H18Cl2F3NO3S. The smallest absolute Gasteiger partial charge is 0.390 e. The zero-order valence-electron chi connectivity index (χ0n) is 15.6. The molecule has 0 N–H and O–H groups in total. The van der Waals surface area contributed by atoms with E-state index in [0.29, 0.717) is 35.3 Å². The average molecular weight is 480 g/mol. The quantitative estimate of drug-likeness (QED) is 0.484. The molecule has 0 unspecified atom stereocenters. The molecule has 0 atom stereocenters. The molecule has 162 valence electrons. The lowest BCUT2D eigenvalue weighted by molar-refractivity contribution is -0.138. The van der Waals surface area contributed by atoms with E-state index >= 15 is 0 Å². The van der Waals surface area contributed by atoms with E-state index in [2.05, 4.69) is 0 Å². The summed E-state index contributed by atoms with van der Waals surface area (Å²) in [4.78, 5) is 1.86. The second kappa shape index (κ2) is 8.42. The minimum Gasteiger partial charge on any atom is -0.459 e. The molecule has 0 bridgehead atoms. The summed E-state index contributed by atoms with van der Waals surface area (Å²) in [6.45, 7) is 0.574. The zero-order chi connectivity index (χ0) is 20.8. The highest BCUT2D eigenvalue weighted by Crippen LogP contribution is 2.38.